The molecule has 5 aromatic rings. The van der Waals surface area contributed by atoms with Crippen LogP contribution in [-0.4, -0.2) is 34.3 Å². The fraction of sp³-hybridized carbons (Fsp3) is 0.200. The van der Waals surface area contributed by atoms with Gasteiger partial charge in [0.25, 0.3) is 0 Å². The number of hydrogen-bond acceptors (Lipinski definition) is 6. The maximum absolute atomic E-state index is 6.44. The van der Waals surface area contributed by atoms with Gasteiger partial charge in [-0.25, -0.2) is 0 Å². The van der Waals surface area contributed by atoms with E-state index in [0.717, 1.165) is 39.5 Å². The number of aromatic nitrogens is 3. The first-order chi connectivity index (χ1) is 15.7. The summed E-state index contributed by atoms with van der Waals surface area (Å²) in [6.45, 7) is 1.07. The number of benzene rings is 2. The number of pyridine rings is 1. The van der Waals surface area contributed by atoms with E-state index in [-0.39, 0.29) is 6.04 Å². The van der Waals surface area contributed by atoms with Crippen molar-refractivity contribution in [2.24, 2.45) is 11.5 Å². The fourth-order valence-electron chi connectivity index (χ4n) is 4.16. The molecule has 7 nitrogen and oxygen atoms in total. The van der Waals surface area contributed by atoms with Crippen LogP contribution in [0.25, 0.3) is 32.9 Å². The van der Waals surface area contributed by atoms with Crippen molar-refractivity contribution in [2.75, 3.05) is 18.4 Å². The molecule has 0 amide bonds. The van der Waals surface area contributed by atoms with Gasteiger partial charge in [-0.05, 0) is 48.5 Å². The molecule has 3 heterocycles. The molecule has 2 aromatic carbocycles. The first-order valence-electron chi connectivity index (χ1n) is 10.8. The second-order valence-corrected chi connectivity index (χ2v) is 8.02. The van der Waals surface area contributed by atoms with Crippen LogP contribution in [-0.2, 0) is 12.8 Å². The molecular weight excluding hydrogens is 400 g/mol. The second kappa shape index (κ2) is 8.82. The van der Waals surface area contributed by atoms with Gasteiger partial charge >= 0.3 is 0 Å². The van der Waals surface area contributed by atoms with Gasteiger partial charge in [0.15, 0.2) is 0 Å². The van der Waals surface area contributed by atoms with Crippen LogP contribution in [0.4, 0.5) is 5.88 Å². The van der Waals surface area contributed by atoms with Crippen molar-refractivity contribution in [2.45, 2.75) is 18.9 Å². The number of rotatable bonds is 8. The van der Waals surface area contributed by atoms with Gasteiger partial charge in [-0.15, -0.1) is 0 Å². The largest absolute Gasteiger partial charge is 0.361 e. The van der Waals surface area contributed by atoms with Gasteiger partial charge in [0, 0.05) is 58.6 Å². The number of hydrogen-bond donors (Lipinski definition) is 4. The number of anilines is 1. The molecule has 0 saturated heterocycles. The minimum absolute atomic E-state index is 0.0818. The monoisotopic (exact) mass is 426 g/mol. The van der Waals surface area contributed by atoms with Crippen LogP contribution in [0.15, 0.2) is 71.6 Å². The van der Waals surface area contributed by atoms with E-state index in [9.17, 15) is 0 Å². The summed E-state index contributed by atoms with van der Waals surface area (Å²) in [7, 11) is 0. The fourth-order valence-corrected chi connectivity index (χ4v) is 4.16. The van der Waals surface area contributed by atoms with E-state index in [4.69, 9.17) is 16.0 Å². The van der Waals surface area contributed by atoms with E-state index in [2.05, 4.69) is 38.6 Å². The molecule has 0 aliphatic rings. The third-order valence-electron chi connectivity index (χ3n) is 5.78. The van der Waals surface area contributed by atoms with Crippen LogP contribution in [0.3, 0.4) is 0 Å². The number of fused-ring (bicyclic) bond motifs is 2. The van der Waals surface area contributed by atoms with Crippen molar-refractivity contribution >= 4 is 27.6 Å². The SMILES string of the molecule is NCCc1c(-c2ccc3cnccc3c2)noc1NC[C@@H](N)Cc1c[nH]c2ccccc12. The van der Waals surface area contributed by atoms with E-state index < -0.39 is 0 Å². The Balaban J connectivity index is 1.34. The zero-order valence-corrected chi connectivity index (χ0v) is 17.7. The van der Waals surface area contributed by atoms with Crippen molar-refractivity contribution in [3.63, 3.8) is 0 Å². The number of nitrogens with zero attached hydrogens (tertiary/aromatic N) is 2. The summed E-state index contributed by atoms with van der Waals surface area (Å²) in [5.41, 5.74) is 17.4. The molecule has 0 spiro atoms. The van der Waals surface area contributed by atoms with Gasteiger partial charge in [-0.1, -0.05) is 35.5 Å². The summed E-state index contributed by atoms with van der Waals surface area (Å²) >= 11 is 0. The third kappa shape index (κ3) is 3.95. The molecule has 32 heavy (non-hydrogen) atoms. The summed E-state index contributed by atoms with van der Waals surface area (Å²) in [5.74, 6) is 0.634. The predicted molar refractivity (Wildman–Crippen MR) is 128 cm³/mol. The maximum Gasteiger partial charge on any atom is 0.228 e. The van der Waals surface area contributed by atoms with E-state index in [1.165, 1.54) is 10.9 Å². The standard InChI is InChI=1S/C25H26N6O/c26-9-7-22-24(17-5-6-18-13-28-10-8-16(18)11-17)31-32-25(22)30-15-20(27)12-19-14-29-23-4-2-1-3-21(19)23/h1-6,8,10-11,13-14,20,29-30H,7,9,12,15,26-27H2/t20-/m0/s1. The molecule has 7 heteroatoms. The van der Waals surface area contributed by atoms with Crippen LogP contribution in [0.5, 0.6) is 0 Å². The molecule has 0 unspecified atom stereocenters. The van der Waals surface area contributed by atoms with E-state index in [1.54, 1.807) is 6.20 Å². The zero-order valence-electron chi connectivity index (χ0n) is 17.7. The molecule has 0 radical (unpaired) electrons. The predicted octanol–water partition coefficient (Wildman–Crippen LogP) is 3.85. The van der Waals surface area contributed by atoms with Crippen LogP contribution in [0, 0.1) is 0 Å². The van der Waals surface area contributed by atoms with Gasteiger partial charge in [-0.2, -0.15) is 0 Å². The molecule has 5 rings (SSSR count). The maximum atomic E-state index is 6.44. The van der Waals surface area contributed by atoms with E-state index in [0.29, 0.717) is 25.4 Å². The van der Waals surface area contributed by atoms with Crippen molar-refractivity contribution in [3.05, 3.63) is 78.2 Å². The topological polar surface area (TPSA) is 119 Å². The lowest BCUT2D eigenvalue weighted by Crippen LogP contribution is -2.31. The Kier molecular flexibility index (Phi) is 5.58. The molecule has 0 aliphatic carbocycles. The van der Waals surface area contributed by atoms with Crippen molar-refractivity contribution in [1.82, 2.24) is 15.1 Å². The lowest BCUT2D eigenvalue weighted by molar-refractivity contribution is 0.432. The second-order valence-electron chi connectivity index (χ2n) is 8.02. The molecule has 1 atom stereocenters. The van der Waals surface area contributed by atoms with Gasteiger partial charge < -0.3 is 26.3 Å². The summed E-state index contributed by atoms with van der Waals surface area (Å²) in [5, 5.41) is 11.1. The van der Waals surface area contributed by atoms with E-state index in [1.807, 2.05) is 42.7 Å². The molecule has 0 saturated carbocycles. The highest BCUT2D eigenvalue weighted by Gasteiger charge is 2.18. The zero-order chi connectivity index (χ0) is 21.9. The molecule has 162 valence electrons. The number of nitrogens with one attached hydrogen (secondary N) is 2. The highest BCUT2D eigenvalue weighted by Crippen LogP contribution is 2.31. The summed E-state index contributed by atoms with van der Waals surface area (Å²) in [6, 6.07) is 16.3. The highest BCUT2D eigenvalue weighted by molar-refractivity contribution is 5.87. The first-order valence-corrected chi connectivity index (χ1v) is 10.8. The minimum atomic E-state index is -0.0818. The van der Waals surface area contributed by atoms with Crippen molar-refractivity contribution in [3.8, 4) is 11.3 Å². The minimum Gasteiger partial charge on any atom is -0.361 e. The molecule has 0 aliphatic heterocycles. The summed E-state index contributed by atoms with van der Waals surface area (Å²) < 4.78 is 5.68. The lowest BCUT2D eigenvalue weighted by Gasteiger charge is -2.12. The highest BCUT2D eigenvalue weighted by atomic mass is 16.5. The van der Waals surface area contributed by atoms with Gasteiger partial charge in [0.1, 0.15) is 5.69 Å². The van der Waals surface area contributed by atoms with Gasteiger partial charge in [0.2, 0.25) is 5.88 Å². The average Bonchev–Trinajstić information content (AvgIpc) is 3.42. The summed E-state index contributed by atoms with van der Waals surface area (Å²) in [4.78, 5) is 7.48. The van der Waals surface area contributed by atoms with Crippen LogP contribution in [0.2, 0.25) is 0 Å². The van der Waals surface area contributed by atoms with Gasteiger partial charge in [0.05, 0.1) is 0 Å². The van der Waals surface area contributed by atoms with E-state index >= 15 is 0 Å². The number of aromatic amines is 1. The Labute approximate surface area is 185 Å². The van der Waals surface area contributed by atoms with Gasteiger partial charge in [-0.3, -0.25) is 4.98 Å². The Hall–Kier alpha value is -3.68. The Morgan fingerprint density at radius 3 is 2.91 bits per heavy atom. The molecular formula is C25H26N6O. The number of H-pyrrole nitrogens is 1. The molecule has 0 fully saturated rings. The number of para-hydroxylation sites is 1. The van der Waals surface area contributed by atoms with Crippen LogP contribution in [0.1, 0.15) is 11.1 Å². The average molecular weight is 427 g/mol. The first kappa shape index (κ1) is 20.2. The van der Waals surface area contributed by atoms with Crippen molar-refractivity contribution in [1.29, 1.82) is 0 Å². The lowest BCUT2D eigenvalue weighted by atomic mass is 10.0. The van der Waals surface area contributed by atoms with Crippen LogP contribution >= 0.6 is 0 Å². The third-order valence-corrected chi connectivity index (χ3v) is 5.78. The Morgan fingerprint density at radius 2 is 2.00 bits per heavy atom. The number of nitrogens with two attached hydrogens (primary N) is 2. The smallest absolute Gasteiger partial charge is 0.228 e. The summed E-state index contributed by atoms with van der Waals surface area (Å²) in [6.07, 6.45) is 7.09. The normalized spacial score (nSPS) is 12.4. The van der Waals surface area contributed by atoms with Crippen LogP contribution < -0.4 is 16.8 Å². The quantitative estimate of drug-likeness (QED) is 0.299. The molecule has 0 bridgehead atoms. The molecule has 3 aromatic heterocycles. The Morgan fingerprint density at radius 1 is 1.09 bits per heavy atom. The van der Waals surface area contributed by atoms with Crippen molar-refractivity contribution < 1.29 is 4.52 Å². The molecule has 6 N–H and O–H groups in total. The Bertz CT molecular complexity index is 1360.